The number of nitrogens with zero attached hydrogens (tertiary/aromatic N) is 5. The van der Waals surface area contributed by atoms with E-state index in [2.05, 4.69) is 163 Å². The Kier molecular flexibility index (Phi) is 9.88. The highest BCUT2D eigenvalue weighted by atomic mass is 14.9. The van der Waals surface area contributed by atoms with E-state index >= 15 is 0 Å². The van der Waals surface area contributed by atoms with Crippen LogP contribution in [0.25, 0.3) is 101 Å². The predicted octanol–water partition coefficient (Wildman–Crippen LogP) is 13.7. The molecule has 0 amide bonds. The van der Waals surface area contributed by atoms with Gasteiger partial charge in [-0.25, -0.2) is 15.0 Å². The molecule has 0 saturated heterocycles. The summed E-state index contributed by atoms with van der Waals surface area (Å²) >= 11 is 0. The van der Waals surface area contributed by atoms with Crippen molar-refractivity contribution in [2.45, 2.75) is 0 Å². The summed E-state index contributed by atoms with van der Waals surface area (Å²) in [5.41, 5.74) is 17.0. The minimum absolute atomic E-state index is 0.693. The van der Waals surface area contributed by atoms with Crippen molar-refractivity contribution >= 4 is 0 Å². The molecule has 0 N–H and O–H groups in total. The molecule has 0 aliphatic carbocycles. The lowest BCUT2D eigenvalue weighted by Gasteiger charge is -2.11. The van der Waals surface area contributed by atoms with Crippen LogP contribution in [0.4, 0.5) is 0 Å². The molecule has 6 aromatic carbocycles. The molecule has 4 heterocycles. The molecule has 5 nitrogen and oxygen atoms in total. The number of hydrogen-bond acceptors (Lipinski definition) is 5. The molecule has 10 rings (SSSR count). The summed E-state index contributed by atoms with van der Waals surface area (Å²) in [6, 6.07) is 73.2. The second-order valence-electron chi connectivity index (χ2n) is 14.6. The Morgan fingerprint density at radius 2 is 0.600 bits per heavy atom. The highest BCUT2D eigenvalue weighted by Crippen LogP contribution is 2.33. The molecule has 0 radical (unpaired) electrons. The summed E-state index contributed by atoms with van der Waals surface area (Å²) in [5, 5.41) is 0. The summed E-state index contributed by atoms with van der Waals surface area (Å²) in [6.07, 6.45) is 3.65. The molecule has 0 saturated carbocycles. The molecule has 0 spiro atoms. The van der Waals surface area contributed by atoms with Crippen molar-refractivity contribution in [3.05, 3.63) is 225 Å². The van der Waals surface area contributed by atoms with Crippen LogP contribution < -0.4 is 0 Å². The van der Waals surface area contributed by atoms with E-state index in [4.69, 9.17) is 19.9 Å². The van der Waals surface area contributed by atoms with Crippen molar-refractivity contribution in [1.82, 2.24) is 24.9 Å². The molecule has 0 fully saturated rings. The van der Waals surface area contributed by atoms with E-state index in [1.54, 1.807) is 6.20 Å². The van der Waals surface area contributed by atoms with Gasteiger partial charge in [-0.2, -0.15) is 0 Å². The van der Waals surface area contributed by atoms with Gasteiger partial charge < -0.3 is 0 Å². The number of rotatable bonds is 9. The van der Waals surface area contributed by atoms with E-state index in [0.717, 1.165) is 89.8 Å². The Balaban J connectivity index is 0.927. The Labute approximate surface area is 349 Å². The van der Waals surface area contributed by atoms with Gasteiger partial charge in [-0.3, -0.25) is 9.97 Å². The Morgan fingerprint density at radius 1 is 0.200 bits per heavy atom. The van der Waals surface area contributed by atoms with E-state index in [9.17, 15) is 0 Å². The van der Waals surface area contributed by atoms with Crippen LogP contribution in [0.5, 0.6) is 0 Å². The van der Waals surface area contributed by atoms with Crippen LogP contribution in [0.1, 0.15) is 0 Å². The maximum atomic E-state index is 5.09. The van der Waals surface area contributed by atoms with Gasteiger partial charge in [0, 0.05) is 29.1 Å². The third-order valence-electron chi connectivity index (χ3n) is 10.7. The molecule has 0 aliphatic heterocycles. The Bertz CT molecular complexity index is 2970. The maximum Gasteiger partial charge on any atom is 0.160 e. The monoisotopic (exact) mass is 767 g/mol. The van der Waals surface area contributed by atoms with Gasteiger partial charge >= 0.3 is 0 Å². The first kappa shape index (κ1) is 36.2. The number of aromatic nitrogens is 5. The lowest BCUT2D eigenvalue weighted by molar-refractivity contribution is 1.18. The van der Waals surface area contributed by atoms with Crippen molar-refractivity contribution in [2.75, 3.05) is 0 Å². The van der Waals surface area contributed by atoms with Gasteiger partial charge in [0.25, 0.3) is 0 Å². The first-order chi connectivity index (χ1) is 29.7. The van der Waals surface area contributed by atoms with Crippen molar-refractivity contribution < 1.29 is 0 Å². The SMILES string of the molecule is c1ccc(-c2ccc(-c3nc(-c4ccccc4)cc(-c4ccc(-c5ccc(-c6ccnc(-c7cc(-c8ccccc8)cc(-c8ccccn8)n7)c6)cc5)cc4)n3)cc2)cc1. The molecule has 282 valence electrons. The summed E-state index contributed by atoms with van der Waals surface area (Å²) in [5.74, 6) is 0.693. The molecule has 60 heavy (non-hydrogen) atoms. The Morgan fingerprint density at radius 3 is 1.15 bits per heavy atom. The molecule has 5 heteroatoms. The van der Waals surface area contributed by atoms with E-state index in [0.29, 0.717) is 5.82 Å². The number of hydrogen-bond donors (Lipinski definition) is 0. The molecule has 10 aromatic rings. The van der Waals surface area contributed by atoms with Crippen LogP contribution in [0.3, 0.4) is 0 Å². The van der Waals surface area contributed by atoms with Crippen LogP contribution >= 0.6 is 0 Å². The molecule has 0 aliphatic rings. The van der Waals surface area contributed by atoms with Crippen LogP contribution in [0.15, 0.2) is 225 Å². The predicted molar refractivity (Wildman–Crippen MR) is 244 cm³/mol. The zero-order valence-corrected chi connectivity index (χ0v) is 32.6. The molecule has 0 unspecified atom stereocenters. The van der Waals surface area contributed by atoms with Gasteiger partial charge in [0.05, 0.1) is 34.2 Å². The van der Waals surface area contributed by atoms with E-state index < -0.39 is 0 Å². The fraction of sp³-hybridized carbons (Fsp3) is 0. The second kappa shape index (κ2) is 16.4. The van der Waals surface area contributed by atoms with E-state index in [1.165, 1.54) is 5.56 Å². The third-order valence-corrected chi connectivity index (χ3v) is 10.7. The maximum absolute atomic E-state index is 5.09. The van der Waals surface area contributed by atoms with Crippen LogP contribution in [0, 0.1) is 0 Å². The lowest BCUT2D eigenvalue weighted by Crippen LogP contribution is -1.96. The van der Waals surface area contributed by atoms with Crippen molar-refractivity contribution in [3.8, 4) is 101 Å². The second-order valence-corrected chi connectivity index (χ2v) is 14.6. The van der Waals surface area contributed by atoms with Crippen molar-refractivity contribution in [3.63, 3.8) is 0 Å². The smallest absolute Gasteiger partial charge is 0.160 e. The van der Waals surface area contributed by atoms with Gasteiger partial charge in [-0.05, 0) is 87.0 Å². The zero-order valence-electron chi connectivity index (χ0n) is 32.6. The van der Waals surface area contributed by atoms with Gasteiger partial charge in [0.2, 0.25) is 0 Å². The summed E-state index contributed by atoms with van der Waals surface area (Å²) in [6.45, 7) is 0. The minimum Gasteiger partial charge on any atom is -0.255 e. The van der Waals surface area contributed by atoms with Crippen LogP contribution in [-0.2, 0) is 0 Å². The van der Waals surface area contributed by atoms with Crippen molar-refractivity contribution in [1.29, 1.82) is 0 Å². The summed E-state index contributed by atoms with van der Waals surface area (Å²) in [7, 11) is 0. The van der Waals surface area contributed by atoms with Crippen LogP contribution in [-0.4, -0.2) is 24.9 Å². The molecular weight excluding hydrogens is 731 g/mol. The number of benzene rings is 6. The topological polar surface area (TPSA) is 64.5 Å². The quantitative estimate of drug-likeness (QED) is 0.146. The van der Waals surface area contributed by atoms with Gasteiger partial charge in [0.1, 0.15) is 0 Å². The highest BCUT2D eigenvalue weighted by Gasteiger charge is 2.14. The van der Waals surface area contributed by atoms with Crippen LogP contribution in [0.2, 0.25) is 0 Å². The van der Waals surface area contributed by atoms with Gasteiger partial charge in [-0.1, -0.05) is 170 Å². The normalized spacial score (nSPS) is 11.0. The van der Waals surface area contributed by atoms with Gasteiger partial charge in [0.15, 0.2) is 5.82 Å². The largest absolute Gasteiger partial charge is 0.255 e. The minimum atomic E-state index is 0.693. The fourth-order valence-electron chi connectivity index (χ4n) is 7.47. The number of pyridine rings is 3. The molecule has 0 bridgehead atoms. The standard InChI is InChI=1S/C55H37N5/c1-4-12-38(13-5-1)40-25-29-46(30-26-40)55-59-50(44-16-8-3-9-17-44)37-51(60-55)45-27-23-42(24-28-45)41-19-21-43(22-20-41)47-31-33-57-52(34-47)54-36-48(39-14-6-2-7-15-39)35-53(58-54)49-18-10-11-32-56-49/h1-37H. The van der Waals surface area contributed by atoms with Gasteiger partial charge in [-0.15, -0.1) is 0 Å². The lowest BCUT2D eigenvalue weighted by atomic mass is 9.98. The fourth-order valence-corrected chi connectivity index (χ4v) is 7.47. The molecular formula is C55H37N5. The first-order valence-corrected chi connectivity index (χ1v) is 20.0. The molecule has 4 aromatic heterocycles. The van der Waals surface area contributed by atoms with E-state index in [1.807, 2.05) is 60.8 Å². The molecule has 0 atom stereocenters. The average Bonchev–Trinajstić information content (AvgIpc) is 3.35. The van der Waals surface area contributed by atoms with E-state index in [-0.39, 0.29) is 0 Å². The first-order valence-electron chi connectivity index (χ1n) is 20.0. The zero-order chi connectivity index (χ0) is 40.1. The summed E-state index contributed by atoms with van der Waals surface area (Å²) < 4.78 is 0. The van der Waals surface area contributed by atoms with Crippen molar-refractivity contribution in [2.24, 2.45) is 0 Å². The average molecular weight is 768 g/mol. The summed E-state index contributed by atoms with van der Waals surface area (Å²) in [4.78, 5) is 24.5. The Hall–Kier alpha value is -8.15. The highest BCUT2D eigenvalue weighted by molar-refractivity contribution is 5.79. The third kappa shape index (κ3) is 7.76.